The van der Waals surface area contributed by atoms with Crippen molar-refractivity contribution < 1.29 is 65.9 Å². The number of rotatable bonds is 7. The van der Waals surface area contributed by atoms with Crippen LogP contribution in [0.25, 0.3) is 111 Å². The summed E-state index contributed by atoms with van der Waals surface area (Å²) in [6.07, 6.45) is -25.3. The van der Waals surface area contributed by atoms with E-state index in [1.165, 1.54) is 79.1 Å². The van der Waals surface area contributed by atoms with Crippen LogP contribution in [-0.4, -0.2) is 9.13 Å². The lowest BCUT2D eigenvalue weighted by molar-refractivity contribution is -0.143. The number of fused-ring (bicyclic) bond motifs is 6. The van der Waals surface area contributed by atoms with Crippen LogP contribution in [0.4, 0.5) is 65.9 Å². The number of alkyl halides is 15. The highest BCUT2D eigenvalue weighted by Gasteiger charge is 2.40. The Morgan fingerprint density at radius 1 is 0.295 bits per heavy atom. The number of aryl methyl sites for hydroxylation is 4. The molecule has 88 heavy (non-hydrogen) atoms. The van der Waals surface area contributed by atoms with Crippen molar-refractivity contribution in [1.82, 2.24) is 9.13 Å². The average Bonchev–Trinajstić information content (AvgIpc) is 1.57. The second kappa shape index (κ2) is 20.7. The Hall–Kier alpha value is -9.76. The number of hydrogen-bond donors (Lipinski definition) is 0. The molecule has 0 aliphatic heterocycles. The number of halogens is 15. The fourth-order valence-corrected chi connectivity index (χ4v) is 11.9. The smallest absolute Gasteiger partial charge is 0.309 e. The molecule has 2 aromatic heterocycles. The summed E-state index contributed by atoms with van der Waals surface area (Å²) in [6, 6.07) is 41.9. The maximum Gasteiger partial charge on any atom is 0.418 e. The second-order valence-corrected chi connectivity index (χ2v) is 22.0. The van der Waals surface area contributed by atoms with Crippen LogP contribution in [-0.2, 0) is 30.9 Å². The zero-order chi connectivity index (χ0) is 62.9. The number of nitriles is 1. The van der Waals surface area contributed by atoms with Crippen molar-refractivity contribution in [2.24, 2.45) is 0 Å². The first kappa shape index (κ1) is 58.6. The second-order valence-electron chi connectivity index (χ2n) is 22.0. The van der Waals surface area contributed by atoms with E-state index in [9.17, 15) is 57.9 Å². The Morgan fingerprint density at radius 3 is 1.00 bits per heavy atom. The van der Waals surface area contributed by atoms with E-state index in [0.717, 1.165) is 53.1 Å². The Balaban J connectivity index is 1.18. The molecule has 18 heteroatoms. The normalized spacial score (nSPS) is 12.7. The van der Waals surface area contributed by atoms with Crippen molar-refractivity contribution in [2.75, 3.05) is 0 Å². The molecular formula is C70H42F15N3. The maximum absolute atomic E-state index is 16.6. The molecule has 2 heterocycles. The Kier molecular flexibility index (Phi) is 13.8. The van der Waals surface area contributed by atoms with Crippen LogP contribution in [0.3, 0.4) is 0 Å². The van der Waals surface area contributed by atoms with Gasteiger partial charge in [0.15, 0.2) is 0 Å². The molecule has 0 saturated heterocycles. The molecule has 0 spiro atoms. The van der Waals surface area contributed by atoms with E-state index in [4.69, 9.17) is 0 Å². The van der Waals surface area contributed by atoms with E-state index in [1.807, 2.05) is 38.1 Å². The van der Waals surface area contributed by atoms with Gasteiger partial charge in [0.1, 0.15) is 0 Å². The lowest BCUT2D eigenvalue weighted by atomic mass is 9.96. The number of aromatic nitrogens is 2. The molecule has 0 aliphatic rings. The van der Waals surface area contributed by atoms with Crippen molar-refractivity contribution in [2.45, 2.75) is 58.6 Å². The highest BCUT2D eigenvalue weighted by molar-refractivity contribution is 6.14. The summed E-state index contributed by atoms with van der Waals surface area (Å²) in [5.74, 6) is 0. The summed E-state index contributed by atoms with van der Waals surface area (Å²) in [5.41, 5.74) is -2.16. The standard InChI is InChI=1S/C70H42F15N3/c1-36-16-37(2)18-46(17-36)41-8-12-60-55(28-41)56-29-42(47-19-38(3)21-50(24-47)66(71,72)73)9-13-61(56)87(60)64-34-59(70(83,84)85)65(33-54(64)45-7-5-6-40(23-45)35-86)88-62-14-10-43(48-20-39(4)22-51(25-48)67(74,75)76)30-57(62)58-31-44(11-15-63(58)88)49-26-52(68(77,78)79)32-53(27-49)69(80,81)82/h5-34H,1-4H3. The topological polar surface area (TPSA) is 33.6 Å². The average molecular weight is 1210 g/mol. The van der Waals surface area contributed by atoms with Gasteiger partial charge >= 0.3 is 30.9 Å². The molecule has 10 aromatic carbocycles. The third-order valence-electron chi connectivity index (χ3n) is 15.7. The van der Waals surface area contributed by atoms with Crippen molar-refractivity contribution in [3.63, 3.8) is 0 Å². The Bertz CT molecular complexity index is 4850. The summed E-state index contributed by atoms with van der Waals surface area (Å²) in [6.45, 7) is 6.78. The van der Waals surface area contributed by atoms with Gasteiger partial charge in [0.25, 0.3) is 0 Å². The third kappa shape index (κ3) is 10.8. The fourth-order valence-electron chi connectivity index (χ4n) is 11.9. The SMILES string of the molecule is Cc1cc(C)cc(-c2ccc3c(c2)c2cc(-c4cc(C)cc(C(F)(F)F)c4)ccc2n3-c2cc(C(F)(F)F)c(-n3c4ccc(-c5cc(C)cc(C(F)(F)F)c5)cc4c4cc(-c5cc(C(F)(F)F)cc(C(F)(F)F)c5)ccc43)cc2-c2cccc(C#N)c2)c1. The van der Waals surface area contributed by atoms with Gasteiger partial charge in [0.2, 0.25) is 0 Å². The minimum absolute atomic E-state index is 0.0111. The van der Waals surface area contributed by atoms with Crippen LogP contribution in [0.2, 0.25) is 0 Å². The minimum Gasteiger partial charge on any atom is -0.309 e. The first-order valence-corrected chi connectivity index (χ1v) is 27.0. The molecule has 3 nitrogen and oxygen atoms in total. The van der Waals surface area contributed by atoms with Crippen LogP contribution in [0.5, 0.6) is 0 Å². The maximum atomic E-state index is 16.6. The van der Waals surface area contributed by atoms with E-state index in [1.54, 1.807) is 47.0 Å². The molecule has 0 amide bonds. The Morgan fingerprint density at radius 2 is 0.636 bits per heavy atom. The van der Waals surface area contributed by atoms with E-state index >= 15 is 13.2 Å². The van der Waals surface area contributed by atoms with Crippen molar-refractivity contribution in [3.05, 3.63) is 238 Å². The predicted octanol–water partition coefficient (Wildman–Crippen LogP) is 22.4. The first-order chi connectivity index (χ1) is 41.3. The molecule has 0 unspecified atom stereocenters. The van der Waals surface area contributed by atoms with E-state index < -0.39 is 69.9 Å². The van der Waals surface area contributed by atoms with Gasteiger partial charge in [-0.15, -0.1) is 0 Å². The van der Waals surface area contributed by atoms with Crippen molar-refractivity contribution >= 4 is 43.6 Å². The number of nitrogens with zero attached hydrogens (tertiary/aromatic N) is 3. The monoisotopic (exact) mass is 1210 g/mol. The summed E-state index contributed by atoms with van der Waals surface area (Å²) in [4.78, 5) is 0. The van der Waals surface area contributed by atoms with Crippen LogP contribution < -0.4 is 0 Å². The van der Waals surface area contributed by atoms with Gasteiger partial charge in [0.05, 0.1) is 72.9 Å². The highest BCUT2D eigenvalue weighted by Crippen LogP contribution is 2.49. The summed E-state index contributed by atoms with van der Waals surface area (Å²) >= 11 is 0. The van der Waals surface area contributed by atoms with Gasteiger partial charge in [-0.2, -0.15) is 71.1 Å². The molecule has 442 valence electrons. The minimum atomic E-state index is -5.25. The van der Waals surface area contributed by atoms with Gasteiger partial charge in [-0.05, 0) is 204 Å². The van der Waals surface area contributed by atoms with Gasteiger partial charge in [-0.3, -0.25) is 0 Å². The fraction of sp³-hybridized carbons (Fsp3) is 0.129. The lowest BCUT2D eigenvalue weighted by Crippen LogP contribution is -2.13. The zero-order valence-corrected chi connectivity index (χ0v) is 46.3. The molecular weight excluding hydrogens is 1170 g/mol. The molecule has 0 fully saturated rings. The Labute approximate surface area is 491 Å². The predicted molar refractivity (Wildman–Crippen MR) is 311 cm³/mol. The summed E-state index contributed by atoms with van der Waals surface area (Å²) in [7, 11) is 0. The van der Waals surface area contributed by atoms with Crippen molar-refractivity contribution in [3.8, 4) is 73.1 Å². The van der Waals surface area contributed by atoms with E-state index in [0.29, 0.717) is 50.6 Å². The van der Waals surface area contributed by atoms with E-state index in [2.05, 4.69) is 6.07 Å². The van der Waals surface area contributed by atoms with Crippen LogP contribution in [0, 0.1) is 39.0 Å². The molecule has 0 atom stereocenters. The molecule has 12 aromatic rings. The van der Waals surface area contributed by atoms with Crippen LogP contribution in [0.1, 0.15) is 55.6 Å². The van der Waals surface area contributed by atoms with E-state index in [-0.39, 0.29) is 78.1 Å². The van der Waals surface area contributed by atoms with Gasteiger partial charge in [-0.1, -0.05) is 77.9 Å². The number of hydrogen-bond acceptors (Lipinski definition) is 1. The third-order valence-corrected chi connectivity index (χ3v) is 15.7. The largest absolute Gasteiger partial charge is 0.418 e. The van der Waals surface area contributed by atoms with Gasteiger partial charge in [0, 0.05) is 27.1 Å². The highest BCUT2D eigenvalue weighted by atomic mass is 19.4. The molecule has 12 rings (SSSR count). The molecule has 0 aliphatic carbocycles. The van der Waals surface area contributed by atoms with Crippen LogP contribution in [0.15, 0.2) is 182 Å². The molecule has 0 bridgehead atoms. The summed E-state index contributed by atoms with van der Waals surface area (Å²) in [5, 5.41) is 11.2. The van der Waals surface area contributed by atoms with Gasteiger partial charge < -0.3 is 9.13 Å². The van der Waals surface area contributed by atoms with Crippen LogP contribution >= 0.6 is 0 Å². The molecule has 0 radical (unpaired) electrons. The first-order valence-electron chi connectivity index (χ1n) is 27.0. The summed E-state index contributed by atoms with van der Waals surface area (Å²) < 4.78 is 224. The molecule has 0 N–H and O–H groups in total. The number of benzene rings is 10. The molecule has 0 saturated carbocycles. The zero-order valence-electron chi connectivity index (χ0n) is 46.3. The lowest BCUT2D eigenvalue weighted by Gasteiger charge is -2.22. The van der Waals surface area contributed by atoms with Gasteiger partial charge in [-0.25, -0.2) is 0 Å². The quantitative estimate of drug-likeness (QED) is 0.146. The van der Waals surface area contributed by atoms with Crippen molar-refractivity contribution in [1.29, 1.82) is 5.26 Å².